The van der Waals surface area contributed by atoms with Gasteiger partial charge in [0.2, 0.25) is 0 Å². The van der Waals surface area contributed by atoms with Crippen LogP contribution in [0.1, 0.15) is 57.5 Å². The Morgan fingerprint density at radius 1 is 1.38 bits per heavy atom. The van der Waals surface area contributed by atoms with Gasteiger partial charge in [-0.1, -0.05) is 27.7 Å². The third kappa shape index (κ3) is 2.04. The van der Waals surface area contributed by atoms with Crippen molar-refractivity contribution in [1.29, 1.82) is 0 Å². The number of anilines is 1. The molecule has 0 aromatic carbocycles. The Labute approximate surface area is 97.7 Å². The molecule has 1 aliphatic rings. The summed E-state index contributed by atoms with van der Waals surface area (Å²) in [5.74, 6) is 2.95. The third-order valence-corrected chi connectivity index (χ3v) is 3.44. The van der Waals surface area contributed by atoms with Crippen LogP contribution in [0.25, 0.3) is 0 Å². The minimum absolute atomic E-state index is 0.389. The fourth-order valence-electron chi connectivity index (χ4n) is 1.97. The summed E-state index contributed by atoms with van der Waals surface area (Å²) in [7, 11) is 1.91. The molecule has 1 aromatic rings. The van der Waals surface area contributed by atoms with Crippen molar-refractivity contribution in [2.45, 2.75) is 46.0 Å². The Kier molecular flexibility index (Phi) is 2.64. The standard InChI is InChI=1S/C13H21N3/c1-8(2)10-6-11(14-5)16-12(15-10)9-7-13(9,3)4/h6,8-9H,7H2,1-5H3,(H,14,15,16). The highest BCUT2D eigenvalue weighted by Gasteiger charge is 2.48. The van der Waals surface area contributed by atoms with Crippen LogP contribution in [0.3, 0.4) is 0 Å². The smallest absolute Gasteiger partial charge is 0.134 e. The molecule has 1 unspecified atom stereocenters. The zero-order valence-corrected chi connectivity index (χ0v) is 10.8. The van der Waals surface area contributed by atoms with Crippen molar-refractivity contribution in [3.05, 3.63) is 17.6 Å². The second-order valence-corrected chi connectivity index (χ2v) is 5.69. The van der Waals surface area contributed by atoms with Crippen molar-refractivity contribution >= 4 is 5.82 Å². The van der Waals surface area contributed by atoms with Crippen LogP contribution in [0.5, 0.6) is 0 Å². The van der Waals surface area contributed by atoms with Gasteiger partial charge >= 0.3 is 0 Å². The average Bonchev–Trinajstić information content (AvgIpc) is 2.87. The summed E-state index contributed by atoms with van der Waals surface area (Å²) < 4.78 is 0. The molecular weight excluding hydrogens is 198 g/mol. The van der Waals surface area contributed by atoms with E-state index in [2.05, 4.69) is 43.0 Å². The molecule has 0 spiro atoms. The highest BCUT2D eigenvalue weighted by atomic mass is 15.0. The monoisotopic (exact) mass is 219 g/mol. The fourth-order valence-corrected chi connectivity index (χ4v) is 1.97. The van der Waals surface area contributed by atoms with E-state index in [0.717, 1.165) is 17.3 Å². The molecule has 1 aromatic heterocycles. The SMILES string of the molecule is CNc1cc(C(C)C)nc(C2CC2(C)C)n1. The van der Waals surface area contributed by atoms with Gasteiger partial charge in [-0.3, -0.25) is 0 Å². The van der Waals surface area contributed by atoms with Gasteiger partial charge in [-0.2, -0.15) is 0 Å². The Bertz CT molecular complexity index is 396. The first-order valence-corrected chi connectivity index (χ1v) is 6.00. The first-order valence-electron chi connectivity index (χ1n) is 6.00. The number of nitrogens with one attached hydrogen (secondary N) is 1. The van der Waals surface area contributed by atoms with Crippen LogP contribution in [0.4, 0.5) is 5.82 Å². The summed E-state index contributed by atoms with van der Waals surface area (Å²) in [5, 5.41) is 3.12. The average molecular weight is 219 g/mol. The summed E-state index contributed by atoms with van der Waals surface area (Å²) in [4.78, 5) is 9.26. The molecule has 1 aliphatic carbocycles. The largest absolute Gasteiger partial charge is 0.373 e. The van der Waals surface area contributed by atoms with Crippen molar-refractivity contribution in [2.75, 3.05) is 12.4 Å². The van der Waals surface area contributed by atoms with Crippen molar-refractivity contribution in [3.63, 3.8) is 0 Å². The van der Waals surface area contributed by atoms with Crippen molar-refractivity contribution < 1.29 is 0 Å². The maximum Gasteiger partial charge on any atom is 0.134 e. The minimum atomic E-state index is 0.389. The summed E-state index contributed by atoms with van der Waals surface area (Å²) in [6.45, 7) is 8.90. The van der Waals surface area contributed by atoms with Crippen molar-refractivity contribution in [2.24, 2.45) is 5.41 Å². The van der Waals surface area contributed by atoms with Gasteiger partial charge < -0.3 is 5.32 Å². The van der Waals surface area contributed by atoms with Crippen LogP contribution in [-0.4, -0.2) is 17.0 Å². The molecule has 16 heavy (non-hydrogen) atoms. The minimum Gasteiger partial charge on any atom is -0.373 e. The summed E-state index contributed by atoms with van der Waals surface area (Å²) in [6, 6.07) is 2.05. The van der Waals surface area contributed by atoms with E-state index >= 15 is 0 Å². The van der Waals surface area contributed by atoms with E-state index in [0.29, 0.717) is 17.3 Å². The molecule has 0 amide bonds. The zero-order chi connectivity index (χ0) is 11.9. The summed E-state index contributed by atoms with van der Waals surface area (Å²) >= 11 is 0. The number of rotatable bonds is 3. The first-order chi connectivity index (χ1) is 7.44. The van der Waals surface area contributed by atoms with Gasteiger partial charge in [0, 0.05) is 24.7 Å². The van der Waals surface area contributed by atoms with Gasteiger partial charge in [0.15, 0.2) is 0 Å². The molecule has 88 valence electrons. The molecule has 1 fully saturated rings. The maximum absolute atomic E-state index is 4.69. The summed E-state index contributed by atoms with van der Waals surface area (Å²) in [5.41, 5.74) is 1.53. The van der Waals surface area contributed by atoms with Crippen molar-refractivity contribution in [1.82, 2.24) is 9.97 Å². The van der Waals surface area contributed by atoms with Crippen molar-refractivity contribution in [3.8, 4) is 0 Å². The molecule has 2 rings (SSSR count). The number of hydrogen-bond donors (Lipinski definition) is 1. The molecule has 1 atom stereocenters. The molecule has 0 aliphatic heterocycles. The number of aromatic nitrogens is 2. The van der Waals surface area contributed by atoms with Gasteiger partial charge in [0.1, 0.15) is 11.6 Å². The second kappa shape index (κ2) is 3.72. The van der Waals surface area contributed by atoms with E-state index in [4.69, 9.17) is 0 Å². The van der Waals surface area contributed by atoms with Crippen LogP contribution in [-0.2, 0) is 0 Å². The Morgan fingerprint density at radius 2 is 2.00 bits per heavy atom. The van der Waals surface area contributed by atoms with E-state index in [9.17, 15) is 0 Å². The van der Waals surface area contributed by atoms with Crippen LogP contribution >= 0.6 is 0 Å². The molecule has 0 saturated heterocycles. The molecule has 1 N–H and O–H groups in total. The zero-order valence-electron chi connectivity index (χ0n) is 10.8. The van der Waals surface area contributed by atoms with Crippen LogP contribution in [0.15, 0.2) is 6.07 Å². The predicted octanol–water partition coefficient (Wildman–Crippen LogP) is 3.16. The summed E-state index contributed by atoms with van der Waals surface area (Å²) in [6.07, 6.45) is 1.21. The first kappa shape index (κ1) is 11.4. The predicted molar refractivity (Wildman–Crippen MR) is 66.8 cm³/mol. The Morgan fingerprint density at radius 3 is 2.44 bits per heavy atom. The topological polar surface area (TPSA) is 37.8 Å². The number of nitrogens with zero attached hydrogens (tertiary/aromatic N) is 2. The van der Waals surface area contributed by atoms with E-state index in [1.165, 1.54) is 6.42 Å². The third-order valence-electron chi connectivity index (χ3n) is 3.44. The van der Waals surface area contributed by atoms with Gasteiger partial charge in [-0.05, 0) is 17.8 Å². The van der Waals surface area contributed by atoms with Gasteiger partial charge in [-0.25, -0.2) is 9.97 Å². The van der Waals surface area contributed by atoms with Crippen LogP contribution in [0.2, 0.25) is 0 Å². The van der Waals surface area contributed by atoms with Gasteiger partial charge in [0.25, 0.3) is 0 Å². The second-order valence-electron chi connectivity index (χ2n) is 5.69. The van der Waals surface area contributed by atoms with E-state index in [-0.39, 0.29) is 0 Å². The Hall–Kier alpha value is -1.12. The maximum atomic E-state index is 4.69. The lowest BCUT2D eigenvalue weighted by Crippen LogP contribution is -2.05. The van der Waals surface area contributed by atoms with Gasteiger partial charge in [-0.15, -0.1) is 0 Å². The molecular formula is C13H21N3. The molecule has 0 bridgehead atoms. The highest BCUT2D eigenvalue weighted by Crippen LogP contribution is 2.57. The van der Waals surface area contributed by atoms with Crippen LogP contribution < -0.4 is 5.32 Å². The van der Waals surface area contributed by atoms with E-state index in [1.807, 2.05) is 13.1 Å². The molecule has 3 heteroatoms. The lowest BCUT2D eigenvalue weighted by Gasteiger charge is -2.10. The lowest BCUT2D eigenvalue weighted by atomic mass is 10.1. The number of hydrogen-bond acceptors (Lipinski definition) is 3. The van der Waals surface area contributed by atoms with Gasteiger partial charge in [0.05, 0.1) is 0 Å². The fraction of sp³-hybridized carbons (Fsp3) is 0.692. The molecule has 1 heterocycles. The van der Waals surface area contributed by atoms with Crippen LogP contribution in [0, 0.1) is 5.41 Å². The normalized spacial score (nSPS) is 22.2. The Balaban J connectivity index is 2.35. The lowest BCUT2D eigenvalue weighted by molar-refractivity contribution is 0.605. The quantitative estimate of drug-likeness (QED) is 0.848. The molecule has 1 saturated carbocycles. The molecule has 3 nitrogen and oxygen atoms in total. The molecule has 0 radical (unpaired) electrons. The van der Waals surface area contributed by atoms with E-state index < -0.39 is 0 Å². The van der Waals surface area contributed by atoms with E-state index in [1.54, 1.807) is 0 Å². The highest BCUT2D eigenvalue weighted by molar-refractivity contribution is 5.37.